The molecular formula is C15H18O6. The molecule has 0 saturated carbocycles. The number of rotatable bonds is 2. The minimum atomic E-state index is -0.769. The molecule has 0 spiro atoms. The number of hydrogen-bond donors (Lipinski definition) is 1. The van der Waals surface area contributed by atoms with E-state index in [9.17, 15) is 14.7 Å². The van der Waals surface area contributed by atoms with E-state index in [4.69, 9.17) is 9.47 Å². The van der Waals surface area contributed by atoms with E-state index >= 15 is 0 Å². The van der Waals surface area contributed by atoms with Crippen LogP contribution in [0.3, 0.4) is 0 Å². The number of phenolic OH excluding ortho intramolecular Hbond substituents is 1. The average molecular weight is 294 g/mol. The number of methoxy groups -OCH3 is 2. The van der Waals surface area contributed by atoms with Gasteiger partial charge in [-0.1, -0.05) is 6.92 Å². The molecular weight excluding hydrogens is 276 g/mol. The highest BCUT2D eigenvalue weighted by molar-refractivity contribution is 6.04. The summed E-state index contributed by atoms with van der Waals surface area (Å²) in [5, 5.41) is 10.4. The molecule has 21 heavy (non-hydrogen) atoms. The lowest BCUT2D eigenvalue weighted by molar-refractivity contribution is 0.0235. The van der Waals surface area contributed by atoms with Gasteiger partial charge in [0.2, 0.25) is 0 Å². The van der Waals surface area contributed by atoms with Gasteiger partial charge in [-0.15, -0.1) is 0 Å². The van der Waals surface area contributed by atoms with Crippen molar-refractivity contribution >= 4 is 11.9 Å². The minimum absolute atomic E-state index is 0.0132. The fourth-order valence-electron chi connectivity index (χ4n) is 2.74. The summed E-state index contributed by atoms with van der Waals surface area (Å²) in [5.41, 5.74) is 1.12. The molecule has 1 heterocycles. The first kappa shape index (κ1) is 15.2. The molecule has 2 rings (SSSR count). The van der Waals surface area contributed by atoms with E-state index in [2.05, 4.69) is 4.74 Å². The van der Waals surface area contributed by atoms with Crippen LogP contribution in [-0.4, -0.2) is 37.4 Å². The summed E-state index contributed by atoms with van der Waals surface area (Å²) >= 11 is 0. The van der Waals surface area contributed by atoms with Crippen LogP contribution in [0, 0.1) is 6.92 Å². The van der Waals surface area contributed by atoms with Gasteiger partial charge in [0.25, 0.3) is 0 Å². The van der Waals surface area contributed by atoms with E-state index < -0.39 is 17.7 Å². The number of carbonyl (C=O) groups excluding carboxylic acids is 2. The molecule has 0 radical (unpaired) electrons. The van der Waals surface area contributed by atoms with Gasteiger partial charge in [0.05, 0.1) is 14.2 Å². The first-order valence-corrected chi connectivity index (χ1v) is 6.57. The van der Waals surface area contributed by atoms with Gasteiger partial charge in [-0.2, -0.15) is 0 Å². The zero-order chi connectivity index (χ0) is 15.9. The van der Waals surface area contributed by atoms with Crippen LogP contribution < -0.4 is 4.74 Å². The van der Waals surface area contributed by atoms with Crippen LogP contribution in [0.15, 0.2) is 0 Å². The minimum Gasteiger partial charge on any atom is -0.506 e. The standard InChI is InChI=1S/C15H18O6/c1-6-8(3)21-15(18)10-9(6)7(2)13(19-4)11(12(10)16)14(17)20-5/h6,8,16H,1-5H3. The third-order valence-corrected chi connectivity index (χ3v) is 3.96. The van der Waals surface area contributed by atoms with E-state index in [1.807, 2.05) is 6.92 Å². The van der Waals surface area contributed by atoms with Crippen LogP contribution in [0.4, 0.5) is 0 Å². The molecule has 0 amide bonds. The average Bonchev–Trinajstić information content (AvgIpc) is 2.45. The van der Waals surface area contributed by atoms with E-state index in [1.165, 1.54) is 14.2 Å². The Morgan fingerprint density at radius 3 is 2.43 bits per heavy atom. The van der Waals surface area contributed by atoms with Crippen molar-refractivity contribution in [2.24, 2.45) is 0 Å². The Balaban J connectivity index is 2.87. The summed E-state index contributed by atoms with van der Waals surface area (Å²) in [7, 11) is 2.59. The number of aromatic hydroxyl groups is 1. The highest BCUT2D eigenvalue weighted by atomic mass is 16.5. The van der Waals surface area contributed by atoms with Crippen LogP contribution in [0.5, 0.6) is 11.5 Å². The SMILES string of the molecule is COC(=O)c1c(O)c2c(c(C)c1OC)C(C)C(C)OC2=O. The van der Waals surface area contributed by atoms with Crippen molar-refractivity contribution in [3.63, 3.8) is 0 Å². The molecule has 6 nitrogen and oxygen atoms in total. The van der Waals surface area contributed by atoms with Gasteiger partial charge < -0.3 is 19.3 Å². The third kappa shape index (κ3) is 2.11. The largest absolute Gasteiger partial charge is 0.506 e. The normalized spacial score (nSPS) is 20.5. The van der Waals surface area contributed by atoms with Gasteiger partial charge >= 0.3 is 11.9 Å². The predicted octanol–water partition coefficient (Wildman–Crippen LogP) is 2.16. The number of benzene rings is 1. The van der Waals surface area contributed by atoms with E-state index in [-0.39, 0.29) is 28.9 Å². The number of fused-ring (bicyclic) bond motifs is 1. The van der Waals surface area contributed by atoms with Crippen LogP contribution in [0.2, 0.25) is 0 Å². The topological polar surface area (TPSA) is 82.1 Å². The van der Waals surface area contributed by atoms with E-state index in [0.29, 0.717) is 11.1 Å². The van der Waals surface area contributed by atoms with Crippen LogP contribution >= 0.6 is 0 Å². The molecule has 1 aromatic carbocycles. The fraction of sp³-hybridized carbons (Fsp3) is 0.467. The van der Waals surface area contributed by atoms with Crippen LogP contribution in [-0.2, 0) is 9.47 Å². The molecule has 0 saturated heterocycles. The maximum absolute atomic E-state index is 12.1. The van der Waals surface area contributed by atoms with Crippen molar-refractivity contribution in [2.45, 2.75) is 32.8 Å². The molecule has 2 atom stereocenters. The summed E-state index contributed by atoms with van der Waals surface area (Å²) in [6.07, 6.45) is -0.322. The summed E-state index contributed by atoms with van der Waals surface area (Å²) in [5.74, 6) is -1.78. The van der Waals surface area contributed by atoms with Gasteiger partial charge in [0.15, 0.2) is 0 Å². The molecule has 0 fully saturated rings. The first-order chi connectivity index (χ1) is 9.84. The second-order valence-electron chi connectivity index (χ2n) is 5.06. The second kappa shape index (κ2) is 5.27. The molecule has 1 aromatic rings. The van der Waals surface area contributed by atoms with Gasteiger partial charge in [-0.05, 0) is 25.0 Å². The Bertz CT molecular complexity index is 619. The first-order valence-electron chi connectivity index (χ1n) is 6.57. The third-order valence-electron chi connectivity index (χ3n) is 3.96. The second-order valence-corrected chi connectivity index (χ2v) is 5.06. The molecule has 0 aliphatic carbocycles. The molecule has 1 N–H and O–H groups in total. The summed E-state index contributed by atoms with van der Waals surface area (Å²) in [6.45, 7) is 5.41. The maximum Gasteiger partial charge on any atom is 0.345 e. The summed E-state index contributed by atoms with van der Waals surface area (Å²) in [6, 6.07) is 0. The number of cyclic esters (lactones) is 1. The molecule has 1 aliphatic heterocycles. The Morgan fingerprint density at radius 2 is 1.90 bits per heavy atom. The zero-order valence-electron chi connectivity index (χ0n) is 12.6. The quantitative estimate of drug-likeness (QED) is 0.842. The van der Waals surface area contributed by atoms with Crippen molar-refractivity contribution < 1.29 is 28.9 Å². The Hall–Kier alpha value is -2.24. The summed E-state index contributed by atoms with van der Waals surface area (Å²) < 4.78 is 15.1. The smallest absolute Gasteiger partial charge is 0.345 e. The Kier molecular flexibility index (Phi) is 3.80. The van der Waals surface area contributed by atoms with E-state index in [0.717, 1.165) is 0 Å². The number of esters is 2. The number of carbonyl (C=O) groups is 2. The van der Waals surface area contributed by atoms with Gasteiger partial charge in [-0.3, -0.25) is 0 Å². The molecule has 0 aromatic heterocycles. The predicted molar refractivity (Wildman–Crippen MR) is 74.0 cm³/mol. The van der Waals surface area contributed by atoms with Crippen molar-refractivity contribution in [1.82, 2.24) is 0 Å². The lowest BCUT2D eigenvalue weighted by Crippen LogP contribution is -2.30. The molecule has 114 valence electrons. The molecule has 6 heteroatoms. The molecule has 0 bridgehead atoms. The summed E-state index contributed by atoms with van der Waals surface area (Å²) in [4.78, 5) is 24.0. The number of phenols is 1. The monoisotopic (exact) mass is 294 g/mol. The van der Waals surface area contributed by atoms with Gasteiger partial charge in [-0.25, -0.2) is 9.59 Å². The van der Waals surface area contributed by atoms with Gasteiger partial charge in [0, 0.05) is 5.92 Å². The van der Waals surface area contributed by atoms with Crippen molar-refractivity contribution in [2.75, 3.05) is 14.2 Å². The van der Waals surface area contributed by atoms with Crippen molar-refractivity contribution in [1.29, 1.82) is 0 Å². The number of hydrogen-bond acceptors (Lipinski definition) is 6. The molecule has 1 aliphatic rings. The maximum atomic E-state index is 12.1. The van der Waals surface area contributed by atoms with Crippen molar-refractivity contribution in [3.05, 3.63) is 22.3 Å². The number of ether oxygens (including phenoxy) is 3. The fourth-order valence-corrected chi connectivity index (χ4v) is 2.74. The Labute approximate surface area is 122 Å². The highest BCUT2D eigenvalue weighted by Gasteiger charge is 2.38. The zero-order valence-corrected chi connectivity index (χ0v) is 12.6. The lowest BCUT2D eigenvalue weighted by Gasteiger charge is -2.31. The Morgan fingerprint density at radius 1 is 1.29 bits per heavy atom. The lowest BCUT2D eigenvalue weighted by atomic mass is 9.83. The van der Waals surface area contributed by atoms with Gasteiger partial charge in [0.1, 0.15) is 28.7 Å². The highest BCUT2D eigenvalue weighted by Crippen LogP contribution is 2.45. The van der Waals surface area contributed by atoms with Crippen molar-refractivity contribution in [3.8, 4) is 11.5 Å². The van der Waals surface area contributed by atoms with Crippen LogP contribution in [0.1, 0.15) is 51.6 Å². The van der Waals surface area contributed by atoms with Crippen LogP contribution in [0.25, 0.3) is 0 Å². The molecule has 2 unspecified atom stereocenters. The van der Waals surface area contributed by atoms with E-state index in [1.54, 1.807) is 13.8 Å².